The fourth-order valence-corrected chi connectivity index (χ4v) is 3.19. The number of esters is 1. The standard InChI is InChI=1S/C24H22N4O4/c1-3-21(23(29)26-17-7-9-18(31-2)10-8-17)32-24(30)15-6-11-19-20(13-15)28-22(27-19)16-5-4-12-25-14-16/h4-14,21H,3H2,1-2H3,(H,26,29)(H,27,28). The van der Waals surface area contributed by atoms with Crippen LogP contribution in [0.4, 0.5) is 5.69 Å². The van der Waals surface area contributed by atoms with Crippen molar-refractivity contribution in [2.75, 3.05) is 12.4 Å². The number of aromatic nitrogens is 3. The summed E-state index contributed by atoms with van der Waals surface area (Å²) >= 11 is 0. The molecule has 162 valence electrons. The van der Waals surface area contributed by atoms with E-state index in [0.29, 0.717) is 40.3 Å². The molecule has 0 aliphatic carbocycles. The zero-order valence-electron chi connectivity index (χ0n) is 17.7. The SMILES string of the molecule is CCC(OC(=O)c1ccc2nc(-c3cccnc3)[nH]c2c1)C(=O)Nc1ccc(OC)cc1. The highest BCUT2D eigenvalue weighted by atomic mass is 16.5. The molecule has 4 rings (SSSR count). The summed E-state index contributed by atoms with van der Waals surface area (Å²) in [6.07, 6.45) is 2.81. The van der Waals surface area contributed by atoms with Crippen molar-refractivity contribution in [3.63, 3.8) is 0 Å². The maximum Gasteiger partial charge on any atom is 0.338 e. The first-order chi connectivity index (χ1) is 15.6. The number of H-pyrrole nitrogens is 1. The minimum Gasteiger partial charge on any atom is -0.497 e. The number of anilines is 1. The van der Waals surface area contributed by atoms with E-state index >= 15 is 0 Å². The van der Waals surface area contributed by atoms with Crippen LogP contribution in [0.1, 0.15) is 23.7 Å². The fourth-order valence-electron chi connectivity index (χ4n) is 3.19. The van der Waals surface area contributed by atoms with Crippen molar-refractivity contribution in [3.8, 4) is 17.1 Å². The maximum atomic E-state index is 12.7. The number of amides is 1. The van der Waals surface area contributed by atoms with Crippen molar-refractivity contribution in [3.05, 3.63) is 72.6 Å². The van der Waals surface area contributed by atoms with Gasteiger partial charge in [0.25, 0.3) is 5.91 Å². The smallest absolute Gasteiger partial charge is 0.338 e. The Morgan fingerprint density at radius 3 is 2.62 bits per heavy atom. The van der Waals surface area contributed by atoms with Crippen molar-refractivity contribution >= 4 is 28.6 Å². The van der Waals surface area contributed by atoms with E-state index in [1.54, 1.807) is 68.9 Å². The van der Waals surface area contributed by atoms with Gasteiger partial charge in [-0.25, -0.2) is 9.78 Å². The van der Waals surface area contributed by atoms with E-state index < -0.39 is 18.0 Å². The van der Waals surface area contributed by atoms with E-state index in [1.807, 2.05) is 12.1 Å². The minimum atomic E-state index is -0.923. The molecule has 2 aromatic heterocycles. The lowest BCUT2D eigenvalue weighted by molar-refractivity contribution is -0.124. The number of fused-ring (bicyclic) bond motifs is 1. The Balaban J connectivity index is 1.46. The summed E-state index contributed by atoms with van der Waals surface area (Å²) in [6, 6.07) is 15.7. The number of rotatable bonds is 7. The molecule has 32 heavy (non-hydrogen) atoms. The number of aromatic amines is 1. The predicted octanol–water partition coefficient (Wildman–Crippen LogP) is 4.21. The second-order valence-corrected chi connectivity index (χ2v) is 7.08. The molecule has 0 spiro atoms. The molecule has 0 aliphatic rings. The van der Waals surface area contributed by atoms with Crippen LogP contribution in [0.2, 0.25) is 0 Å². The van der Waals surface area contributed by atoms with Gasteiger partial charge in [-0.1, -0.05) is 6.92 Å². The van der Waals surface area contributed by atoms with Crippen molar-refractivity contribution < 1.29 is 19.1 Å². The summed E-state index contributed by atoms with van der Waals surface area (Å²) in [6.45, 7) is 1.78. The Kier molecular flexibility index (Phi) is 6.12. The molecule has 1 atom stereocenters. The van der Waals surface area contributed by atoms with Crippen molar-refractivity contribution in [2.24, 2.45) is 0 Å². The van der Waals surface area contributed by atoms with Gasteiger partial charge < -0.3 is 19.8 Å². The van der Waals surface area contributed by atoms with Crippen LogP contribution >= 0.6 is 0 Å². The van der Waals surface area contributed by atoms with Crippen LogP contribution in [0.3, 0.4) is 0 Å². The monoisotopic (exact) mass is 430 g/mol. The Morgan fingerprint density at radius 2 is 1.94 bits per heavy atom. The van der Waals surface area contributed by atoms with Crippen LogP contribution in [0.25, 0.3) is 22.4 Å². The minimum absolute atomic E-state index is 0.328. The average molecular weight is 430 g/mol. The molecule has 1 amide bonds. The Hall–Kier alpha value is -4.20. The number of hydrogen-bond acceptors (Lipinski definition) is 6. The molecule has 0 bridgehead atoms. The maximum absolute atomic E-state index is 12.7. The van der Waals surface area contributed by atoms with Gasteiger partial charge in [-0.05, 0) is 61.0 Å². The van der Waals surface area contributed by atoms with Gasteiger partial charge in [-0.2, -0.15) is 0 Å². The second-order valence-electron chi connectivity index (χ2n) is 7.08. The number of carbonyl (C=O) groups is 2. The Labute approximate surface area is 184 Å². The van der Waals surface area contributed by atoms with E-state index in [4.69, 9.17) is 9.47 Å². The number of pyridine rings is 1. The summed E-state index contributed by atoms with van der Waals surface area (Å²) in [7, 11) is 1.57. The summed E-state index contributed by atoms with van der Waals surface area (Å²) in [5, 5.41) is 2.76. The van der Waals surface area contributed by atoms with E-state index in [2.05, 4.69) is 20.3 Å². The molecule has 2 aromatic carbocycles. The van der Waals surface area contributed by atoms with Crippen molar-refractivity contribution in [1.82, 2.24) is 15.0 Å². The van der Waals surface area contributed by atoms with Crippen LogP contribution in [0, 0.1) is 0 Å². The number of ether oxygens (including phenoxy) is 2. The number of imidazole rings is 1. The molecule has 0 saturated heterocycles. The average Bonchev–Trinajstić information content (AvgIpc) is 3.27. The van der Waals surface area contributed by atoms with Crippen LogP contribution in [-0.4, -0.2) is 40.0 Å². The van der Waals surface area contributed by atoms with Gasteiger partial charge in [0, 0.05) is 23.6 Å². The zero-order chi connectivity index (χ0) is 22.5. The third-order valence-electron chi connectivity index (χ3n) is 4.92. The third kappa shape index (κ3) is 4.59. The quantitative estimate of drug-likeness (QED) is 0.426. The van der Waals surface area contributed by atoms with E-state index in [1.165, 1.54) is 0 Å². The number of methoxy groups -OCH3 is 1. The van der Waals surface area contributed by atoms with Crippen LogP contribution in [0.5, 0.6) is 5.75 Å². The molecule has 2 heterocycles. The Bertz CT molecular complexity index is 1240. The topological polar surface area (TPSA) is 106 Å². The van der Waals surface area contributed by atoms with Crippen LogP contribution < -0.4 is 10.1 Å². The van der Waals surface area contributed by atoms with E-state index in [0.717, 1.165) is 5.56 Å². The molecule has 0 fully saturated rings. The lowest BCUT2D eigenvalue weighted by Gasteiger charge is -2.16. The lowest BCUT2D eigenvalue weighted by atomic mass is 10.2. The number of benzene rings is 2. The van der Waals surface area contributed by atoms with Gasteiger partial charge in [0.05, 0.1) is 23.7 Å². The predicted molar refractivity (Wildman–Crippen MR) is 120 cm³/mol. The highest BCUT2D eigenvalue weighted by Crippen LogP contribution is 2.21. The summed E-state index contributed by atoms with van der Waals surface area (Å²) < 4.78 is 10.6. The largest absolute Gasteiger partial charge is 0.497 e. The third-order valence-corrected chi connectivity index (χ3v) is 4.92. The normalized spacial score (nSPS) is 11.7. The van der Waals surface area contributed by atoms with Gasteiger partial charge in [-0.15, -0.1) is 0 Å². The van der Waals surface area contributed by atoms with Gasteiger partial charge in [-0.3, -0.25) is 9.78 Å². The number of nitrogens with zero attached hydrogens (tertiary/aromatic N) is 2. The second kappa shape index (κ2) is 9.30. The molecule has 0 saturated carbocycles. The molecule has 8 heteroatoms. The molecule has 2 N–H and O–H groups in total. The number of carbonyl (C=O) groups excluding carboxylic acids is 2. The summed E-state index contributed by atoms with van der Waals surface area (Å²) in [4.78, 5) is 37.1. The first-order valence-corrected chi connectivity index (χ1v) is 10.1. The van der Waals surface area contributed by atoms with Crippen LogP contribution in [-0.2, 0) is 9.53 Å². The van der Waals surface area contributed by atoms with E-state index in [9.17, 15) is 9.59 Å². The molecular formula is C24H22N4O4. The highest BCUT2D eigenvalue weighted by molar-refractivity contribution is 5.99. The fraction of sp³-hybridized carbons (Fsp3) is 0.167. The Morgan fingerprint density at radius 1 is 1.12 bits per heavy atom. The van der Waals surface area contributed by atoms with Gasteiger partial charge in [0.15, 0.2) is 6.10 Å². The molecular weight excluding hydrogens is 408 g/mol. The highest BCUT2D eigenvalue weighted by Gasteiger charge is 2.22. The molecule has 0 aliphatic heterocycles. The summed E-state index contributed by atoms with van der Waals surface area (Å²) in [5.74, 6) is 0.361. The number of hydrogen-bond donors (Lipinski definition) is 2. The first-order valence-electron chi connectivity index (χ1n) is 10.1. The van der Waals surface area contributed by atoms with E-state index in [-0.39, 0.29) is 0 Å². The summed E-state index contributed by atoms with van der Waals surface area (Å²) in [5.41, 5.74) is 3.16. The number of nitrogens with one attached hydrogen (secondary N) is 2. The molecule has 1 unspecified atom stereocenters. The molecule has 4 aromatic rings. The molecule has 0 radical (unpaired) electrons. The van der Waals surface area contributed by atoms with Gasteiger partial charge in [0.1, 0.15) is 11.6 Å². The van der Waals surface area contributed by atoms with Gasteiger partial charge in [0.2, 0.25) is 0 Å². The van der Waals surface area contributed by atoms with Crippen molar-refractivity contribution in [2.45, 2.75) is 19.4 Å². The van der Waals surface area contributed by atoms with Gasteiger partial charge >= 0.3 is 5.97 Å². The zero-order valence-corrected chi connectivity index (χ0v) is 17.7. The van der Waals surface area contributed by atoms with Crippen molar-refractivity contribution in [1.29, 1.82) is 0 Å². The first kappa shape index (κ1) is 21.0. The van der Waals surface area contributed by atoms with Crippen LogP contribution in [0.15, 0.2) is 67.0 Å². The molecule has 8 nitrogen and oxygen atoms in total. The lowest BCUT2D eigenvalue weighted by Crippen LogP contribution is -2.32.